The van der Waals surface area contributed by atoms with Gasteiger partial charge in [0.25, 0.3) is 5.91 Å². The summed E-state index contributed by atoms with van der Waals surface area (Å²) in [6.45, 7) is 3.34. The highest BCUT2D eigenvalue weighted by atomic mass is 79.9. The number of aryl methyl sites for hydroxylation is 1. The lowest BCUT2D eigenvalue weighted by Crippen LogP contribution is -2.45. The molecular weight excluding hydrogens is 330 g/mol. The van der Waals surface area contributed by atoms with Gasteiger partial charge in [-0.25, -0.2) is 0 Å². The topological polar surface area (TPSA) is 59.2 Å². The quantitative estimate of drug-likeness (QED) is 0.862. The van der Waals surface area contributed by atoms with E-state index in [-0.39, 0.29) is 11.9 Å². The number of fused-ring (bicyclic) bond motifs is 1. The Morgan fingerprint density at radius 3 is 3.00 bits per heavy atom. The predicted octanol–water partition coefficient (Wildman–Crippen LogP) is 2.87. The van der Waals surface area contributed by atoms with Gasteiger partial charge in [0.1, 0.15) is 0 Å². The minimum absolute atomic E-state index is 0.0583. The van der Waals surface area contributed by atoms with Gasteiger partial charge in [0.15, 0.2) is 0 Å². The summed E-state index contributed by atoms with van der Waals surface area (Å²) in [7, 11) is 0. The van der Waals surface area contributed by atoms with Crippen molar-refractivity contribution in [2.24, 2.45) is 5.73 Å². The number of halogens is 1. The second-order valence-corrected chi connectivity index (χ2v) is 6.54. The molecule has 0 saturated carbocycles. The van der Waals surface area contributed by atoms with Crippen LogP contribution < -0.4 is 5.73 Å². The molecule has 0 bridgehead atoms. The maximum Gasteiger partial charge on any atom is 0.254 e. The molecule has 2 N–H and O–H groups in total. The van der Waals surface area contributed by atoms with Crippen molar-refractivity contribution >= 4 is 32.7 Å². The Hall–Kier alpha value is -1.46. The predicted molar refractivity (Wildman–Crippen MR) is 87.3 cm³/mol. The number of carbonyl (C=O) groups excluding carboxylic acids is 1. The van der Waals surface area contributed by atoms with E-state index in [1.807, 2.05) is 36.1 Å². The van der Waals surface area contributed by atoms with Crippen molar-refractivity contribution < 1.29 is 4.79 Å². The van der Waals surface area contributed by atoms with Crippen LogP contribution in [0.3, 0.4) is 0 Å². The molecule has 2 heterocycles. The highest BCUT2D eigenvalue weighted by Crippen LogP contribution is 2.24. The van der Waals surface area contributed by atoms with Gasteiger partial charge in [0.05, 0.1) is 11.1 Å². The van der Waals surface area contributed by atoms with Gasteiger partial charge >= 0.3 is 0 Å². The van der Waals surface area contributed by atoms with Crippen LogP contribution in [-0.4, -0.2) is 34.9 Å². The number of nitrogens with zero attached hydrogens (tertiary/aromatic N) is 2. The van der Waals surface area contributed by atoms with Gasteiger partial charge in [-0.1, -0.05) is 22.0 Å². The summed E-state index contributed by atoms with van der Waals surface area (Å²) in [6, 6.07) is 7.80. The summed E-state index contributed by atoms with van der Waals surface area (Å²) in [5.74, 6) is 0.0583. The summed E-state index contributed by atoms with van der Waals surface area (Å²) in [5, 5.41) is 0.896. The second kappa shape index (κ2) is 5.73. The minimum atomic E-state index is 0.0583. The number of likely N-dealkylation sites (tertiary alicyclic amines) is 1. The van der Waals surface area contributed by atoms with Crippen LogP contribution in [0, 0.1) is 6.92 Å². The van der Waals surface area contributed by atoms with Crippen molar-refractivity contribution in [3.8, 4) is 0 Å². The standard InChI is InChI=1S/C16H18BrN3O/c1-10-7-14(13-5-4-11(17)8-15(13)19-10)16(21)20-6-2-3-12(18)9-20/h4-5,7-8,12H,2-3,6,9,18H2,1H3/t12-/m1/s1. The van der Waals surface area contributed by atoms with Crippen molar-refractivity contribution in [2.75, 3.05) is 13.1 Å². The van der Waals surface area contributed by atoms with Crippen LogP contribution in [0.25, 0.3) is 10.9 Å². The van der Waals surface area contributed by atoms with Gasteiger partial charge in [-0.05, 0) is 38.0 Å². The Morgan fingerprint density at radius 1 is 1.43 bits per heavy atom. The first-order valence-electron chi connectivity index (χ1n) is 7.16. The van der Waals surface area contributed by atoms with Crippen LogP contribution in [0.15, 0.2) is 28.7 Å². The third-order valence-electron chi connectivity index (χ3n) is 3.88. The van der Waals surface area contributed by atoms with E-state index in [1.165, 1.54) is 0 Å². The first kappa shape index (κ1) is 14.5. The number of aromatic nitrogens is 1. The lowest BCUT2D eigenvalue weighted by Gasteiger charge is -2.31. The number of carbonyl (C=O) groups is 1. The number of amides is 1. The van der Waals surface area contributed by atoms with Crippen LogP contribution >= 0.6 is 15.9 Å². The zero-order chi connectivity index (χ0) is 15.0. The van der Waals surface area contributed by atoms with Gasteiger partial charge in [0.2, 0.25) is 0 Å². The summed E-state index contributed by atoms with van der Waals surface area (Å²) in [6.07, 6.45) is 1.97. The fraction of sp³-hybridized carbons (Fsp3) is 0.375. The second-order valence-electron chi connectivity index (χ2n) is 5.63. The zero-order valence-electron chi connectivity index (χ0n) is 12.0. The summed E-state index contributed by atoms with van der Waals surface area (Å²) >= 11 is 3.45. The molecule has 5 heteroatoms. The first-order chi connectivity index (χ1) is 10.0. The van der Waals surface area contributed by atoms with Crippen LogP contribution in [0.2, 0.25) is 0 Å². The Morgan fingerprint density at radius 2 is 2.24 bits per heavy atom. The molecule has 1 aromatic carbocycles. The maximum atomic E-state index is 12.8. The highest BCUT2D eigenvalue weighted by molar-refractivity contribution is 9.10. The molecule has 110 valence electrons. The van der Waals surface area contributed by atoms with Gasteiger partial charge in [0, 0.05) is 34.7 Å². The van der Waals surface area contributed by atoms with E-state index in [0.717, 1.165) is 46.0 Å². The molecule has 1 fully saturated rings. The molecule has 1 saturated heterocycles. The molecule has 0 aliphatic carbocycles. The maximum absolute atomic E-state index is 12.8. The normalized spacial score (nSPS) is 19.0. The Balaban J connectivity index is 2.04. The smallest absolute Gasteiger partial charge is 0.254 e. The SMILES string of the molecule is Cc1cc(C(=O)N2CCC[C@@H](N)C2)c2ccc(Br)cc2n1. The molecular formula is C16H18BrN3O. The van der Waals surface area contributed by atoms with Gasteiger partial charge in [-0.2, -0.15) is 0 Å². The number of pyridine rings is 1. The van der Waals surface area contributed by atoms with Crippen molar-refractivity contribution in [3.05, 3.63) is 40.0 Å². The summed E-state index contributed by atoms with van der Waals surface area (Å²) in [4.78, 5) is 19.2. The van der Waals surface area contributed by atoms with E-state index in [9.17, 15) is 4.79 Å². The Labute approximate surface area is 132 Å². The molecule has 1 aliphatic heterocycles. The Kier molecular flexibility index (Phi) is 3.95. The molecule has 1 amide bonds. The number of hydrogen-bond acceptors (Lipinski definition) is 3. The zero-order valence-corrected chi connectivity index (χ0v) is 13.6. The molecule has 4 nitrogen and oxygen atoms in total. The monoisotopic (exact) mass is 347 g/mol. The molecule has 3 rings (SSSR count). The lowest BCUT2D eigenvalue weighted by atomic mass is 10.0. The number of nitrogens with two attached hydrogens (primary N) is 1. The molecule has 1 aromatic heterocycles. The van der Waals surface area contributed by atoms with Gasteiger partial charge in [-0.15, -0.1) is 0 Å². The van der Waals surface area contributed by atoms with E-state index in [0.29, 0.717) is 6.54 Å². The molecule has 1 aliphatic rings. The largest absolute Gasteiger partial charge is 0.337 e. The van der Waals surface area contributed by atoms with Crippen molar-refractivity contribution in [1.82, 2.24) is 9.88 Å². The van der Waals surface area contributed by atoms with Crippen LogP contribution in [-0.2, 0) is 0 Å². The Bertz CT molecular complexity index is 696. The fourth-order valence-electron chi connectivity index (χ4n) is 2.88. The molecule has 21 heavy (non-hydrogen) atoms. The van der Waals surface area contributed by atoms with Crippen LogP contribution in [0.4, 0.5) is 0 Å². The third kappa shape index (κ3) is 2.94. The minimum Gasteiger partial charge on any atom is -0.337 e. The highest BCUT2D eigenvalue weighted by Gasteiger charge is 2.24. The van der Waals surface area contributed by atoms with E-state index < -0.39 is 0 Å². The van der Waals surface area contributed by atoms with Crippen LogP contribution in [0.1, 0.15) is 28.9 Å². The number of hydrogen-bond donors (Lipinski definition) is 1. The average Bonchev–Trinajstić information content (AvgIpc) is 2.45. The summed E-state index contributed by atoms with van der Waals surface area (Å²) < 4.78 is 0.964. The number of benzene rings is 1. The first-order valence-corrected chi connectivity index (χ1v) is 7.95. The summed E-state index contributed by atoms with van der Waals surface area (Å²) in [5.41, 5.74) is 8.41. The van der Waals surface area contributed by atoms with E-state index >= 15 is 0 Å². The fourth-order valence-corrected chi connectivity index (χ4v) is 3.22. The molecule has 1 atom stereocenters. The van der Waals surface area contributed by atoms with Gasteiger partial charge in [-0.3, -0.25) is 9.78 Å². The lowest BCUT2D eigenvalue weighted by molar-refractivity contribution is 0.0710. The molecule has 0 radical (unpaired) electrons. The van der Waals surface area contributed by atoms with Crippen molar-refractivity contribution in [1.29, 1.82) is 0 Å². The number of piperidine rings is 1. The third-order valence-corrected chi connectivity index (χ3v) is 4.37. The van der Waals surface area contributed by atoms with E-state index in [2.05, 4.69) is 20.9 Å². The molecule has 2 aromatic rings. The number of rotatable bonds is 1. The van der Waals surface area contributed by atoms with Crippen molar-refractivity contribution in [3.63, 3.8) is 0 Å². The molecule has 0 unspecified atom stereocenters. The van der Waals surface area contributed by atoms with Gasteiger partial charge < -0.3 is 10.6 Å². The van der Waals surface area contributed by atoms with E-state index in [1.54, 1.807) is 0 Å². The van der Waals surface area contributed by atoms with Crippen LogP contribution in [0.5, 0.6) is 0 Å². The average molecular weight is 348 g/mol. The molecule has 0 spiro atoms. The van der Waals surface area contributed by atoms with Crippen molar-refractivity contribution in [2.45, 2.75) is 25.8 Å². The van der Waals surface area contributed by atoms with E-state index in [4.69, 9.17) is 5.73 Å².